The van der Waals surface area contributed by atoms with Crippen molar-refractivity contribution in [2.24, 2.45) is 5.41 Å². The number of nitrogens with one attached hydrogen (secondary N) is 2. The van der Waals surface area contributed by atoms with Gasteiger partial charge in [-0.1, -0.05) is 13.8 Å². The van der Waals surface area contributed by atoms with Gasteiger partial charge in [-0.25, -0.2) is 4.79 Å². The van der Waals surface area contributed by atoms with Gasteiger partial charge < -0.3 is 15.7 Å². The van der Waals surface area contributed by atoms with Crippen molar-refractivity contribution in [2.45, 2.75) is 26.3 Å². The van der Waals surface area contributed by atoms with Crippen LogP contribution >= 0.6 is 0 Å². The maximum Gasteiger partial charge on any atom is 0.315 e. The number of rotatable bonds is 3. The van der Waals surface area contributed by atoms with Crippen LogP contribution in [0.5, 0.6) is 0 Å². The average Bonchev–Trinajstić information content (AvgIpc) is 2.54. The molecule has 2 amide bonds. The van der Waals surface area contributed by atoms with E-state index in [-0.39, 0.29) is 18.1 Å². The van der Waals surface area contributed by atoms with Crippen LogP contribution in [0, 0.1) is 5.41 Å². The van der Waals surface area contributed by atoms with Crippen molar-refractivity contribution < 1.29 is 9.90 Å². The lowest BCUT2D eigenvalue weighted by Crippen LogP contribution is -2.39. The Balaban J connectivity index is 2.12. The quantitative estimate of drug-likeness (QED) is 0.564. The molecule has 0 saturated heterocycles. The van der Waals surface area contributed by atoms with E-state index in [0.717, 1.165) is 6.42 Å². The van der Waals surface area contributed by atoms with Gasteiger partial charge in [0, 0.05) is 12.6 Å². The second-order valence-electron chi connectivity index (χ2n) is 3.87. The van der Waals surface area contributed by atoms with E-state index in [2.05, 4.69) is 24.5 Å². The zero-order valence-electron chi connectivity index (χ0n) is 7.55. The molecule has 1 saturated carbocycles. The van der Waals surface area contributed by atoms with Crippen molar-refractivity contribution in [3.63, 3.8) is 0 Å². The summed E-state index contributed by atoms with van der Waals surface area (Å²) < 4.78 is 0. The number of carbonyl (C=O) groups is 1. The van der Waals surface area contributed by atoms with E-state index in [9.17, 15) is 4.79 Å². The molecule has 4 heteroatoms. The predicted octanol–water partition coefficient (Wildman–Crippen LogP) is 0.0764. The van der Waals surface area contributed by atoms with Crippen molar-refractivity contribution in [3.05, 3.63) is 0 Å². The molecule has 12 heavy (non-hydrogen) atoms. The van der Waals surface area contributed by atoms with Crippen molar-refractivity contribution in [1.82, 2.24) is 10.6 Å². The minimum atomic E-state index is -0.181. The largest absolute Gasteiger partial charge is 0.395 e. The van der Waals surface area contributed by atoms with Crippen molar-refractivity contribution >= 4 is 6.03 Å². The molecule has 1 aliphatic rings. The Kier molecular flexibility index (Phi) is 2.57. The summed E-state index contributed by atoms with van der Waals surface area (Å²) >= 11 is 0. The number of carbonyl (C=O) groups excluding carboxylic acids is 1. The molecule has 1 rings (SSSR count). The Labute approximate surface area is 72.3 Å². The number of hydrogen-bond acceptors (Lipinski definition) is 2. The molecule has 0 spiro atoms. The van der Waals surface area contributed by atoms with Gasteiger partial charge in [0.05, 0.1) is 6.61 Å². The summed E-state index contributed by atoms with van der Waals surface area (Å²) in [4.78, 5) is 11.0. The van der Waals surface area contributed by atoms with Gasteiger partial charge in [0.25, 0.3) is 0 Å². The summed E-state index contributed by atoms with van der Waals surface area (Å²) in [5, 5.41) is 13.8. The molecule has 1 fully saturated rings. The highest BCUT2D eigenvalue weighted by Crippen LogP contribution is 2.44. The first-order chi connectivity index (χ1) is 5.56. The van der Waals surface area contributed by atoms with Crippen LogP contribution in [0.4, 0.5) is 4.79 Å². The molecule has 1 aliphatic carbocycles. The third-order valence-electron chi connectivity index (χ3n) is 2.22. The Hall–Kier alpha value is -0.770. The van der Waals surface area contributed by atoms with E-state index < -0.39 is 0 Å². The van der Waals surface area contributed by atoms with E-state index in [4.69, 9.17) is 5.11 Å². The predicted molar refractivity (Wildman–Crippen MR) is 45.8 cm³/mol. The summed E-state index contributed by atoms with van der Waals surface area (Å²) in [6.45, 7) is 4.54. The normalized spacial score (nSPS) is 24.8. The third kappa shape index (κ3) is 2.37. The fraction of sp³-hybridized carbons (Fsp3) is 0.875. The Morgan fingerprint density at radius 3 is 2.67 bits per heavy atom. The molecule has 4 nitrogen and oxygen atoms in total. The highest BCUT2D eigenvalue weighted by molar-refractivity contribution is 5.74. The molecular formula is C8H16N2O2. The van der Waals surface area contributed by atoms with E-state index in [1.54, 1.807) is 0 Å². The molecule has 70 valence electrons. The number of aliphatic hydroxyl groups excluding tert-OH is 1. The second-order valence-corrected chi connectivity index (χ2v) is 3.87. The molecule has 0 aliphatic heterocycles. The van der Waals surface area contributed by atoms with Crippen molar-refractivity contribution in [2.75, 3.05) is 13.2 Å². The Bertz CT molecular complexity index is 180. The van der Waals surface area contributed by atoms with Gasteiger partial charge in [-0.3, -0.25) is 0 Å². The van der Waals surface area contributed by atoms with Gasteiger partial charge in [-0.15, -0.1) is 0 Å². The summed E-state index contributed by atoms with van der Waals surface area (Å²) in [7, 11) is 0. The molecule has 0 aromatic rings. The molecule has 3 N–H and O–H groups in total. The lowest BCUT2D eigenvalue weighted by Gasteiger charge is -2.07. The van der Waals surface area contributed by atoms with Crippen LogP contribution in [0.3, 0.4) is 0 Å². The maximum absolute atomic E-state index is 11.0. The van der Waals surface area contributed by atoms with Crippen LogP contribution in [0.15, 0.2) is 0 Å². The maximum atomic E-state index is 11.0. The van der Waals surface area contributed by atoms with Gasteiger partial charge >= 0.3 is 6.03 Å². The second kappa shape index (κ2) is 3.31. The first-order valence-electron chi connectivity index (χ1n) is 4.21. The highest BCUT2D eigenvalue weighted by atomic mass is 16.3. The fourth-order valence-electron chi connectivity index (χ4n) is 1.09. The van der Waals surface area contributed by atoms with Gasteiger partial charge in [0.1, 0.15) is 0 Å². The number of hydrogen-bond donors (Lipinski definition) is 3. The number of urea groups is 1. The summed E-state index contributed by atoms with van der Waals surface area (Å²) in [5.74, 6) is 0. The van der Waals surface area contributed by atoms with Gasteiger partial charge in [-0.2, -0.15) is 0 Å². The smallest absolute Gasteiger partial charge is 0.315 e. The van der Waals surface area contributed by atoms with Crippen molar-refractivity contribution in [1.29, 1.82) is 0 Å². The lowest BCUT2D eigenvalue weighted by molar-refractivity contribution is 0.232. The Morgan fingerprint density at radius 2 is 2.25 bits per heavy atom. The lowest BCUT2D eigenvalue weighted by atomic mass is 10.2. The van der Waals surface area contributed by atoms with Crippen LogP contribution < -0.4 is 10.6 Å². The summed E-state index contributed by atoms with van der Waals surface area (Å²) in [5.41, 5.74) is 0.260. The number of aliphatic hydroxyl groups is 1. The fourth-order valence-corrected chi connectivity index (χ4v) is 1.09. The first-order valence-corrected chi connectivity index (χ1v) is 4.21. The molecule has 1 atom stereocenters. The van der Waals surface area contributed by atoms with Crippen LogP contribution in [0.1, 0.15) is 20.3 Å². The summed E-state index contributed by atoms with van der Waals surface area (Å²) in [6.07, 6.45) is 1.04. The minimum absolute atomic E-state index is 0.0124. The molecule has 1 unspecified atom stereocenters. The van der Waals surface area contributed by atoms with Gasteiger partial charge in [0.2, 0.25) is 0 Å². The molecule has 0 aromatic heterocycles. The van der Waals surface area contributed by atoms with Gasteiger partial charge in [0.15, 0.2) is 0 Å². The Morgan fingerprint density at radius 1 is 1.67 bits per heavy atom. The monoisotopic (exact) mass is 172 g/mol. The topological polar surface area (TPSA) is 61.4 Å². The average molecular weight is 172 g/mol. The van der Waals surface area contributed by atoms with Crippen LogP contribution in [0.25, 0.3) is 0 Å². The van der Waals surface area contributed by atoms with Crippen LogP contribution in [-0.4, -0.2) is 30.3 Å². The summed E-state index contributed by atoms with van der Waals surface area (Å²) in [6, 6.07) is 0.121. The first kappa shape index (κ1) is 9.32. The SMILES string of the molecule is CC1(C)CC1NC(=O)NCCO. The zero-order valence-corrected chi connectivity index (χ0v) is 7.55. The third-order valence-corrected chi connectivity index (χ3v) is 2.22. The molecule has 0 bridgehead atoms. The van der Waals surface area contributed by atoms with E-state index in [0.29, 0.717) is 12.6 Å². The minimum Gasteiger partial charge on any atom is -0.395 e. The standard InChI is InChI=1S/C8H16N2O2/c1-8(2)5-6(8)10-7(12)9-3-4-11/h6,11H,3-5H2,1-2H3,(H2,9,10,12). The van der Waals surface area contributed by atoms with Gasteiger partial charge in [-0.05, 0) is 11.8 Å². The van der Waals surface area contributed by atoms with Crippen LogP contribution in [-0.2, 0) is 0 Å². The molecule has 0 radical (unpaired) electrons. The van der Waals surface area contributed by atoms with E-state index in [1.807, 2.05) is 0 Å². The van der Waals surface area contributed by atoms with E-state index >= 15 is 0 Å². The van der Waals surface area contributed by atoms with Crippen molar-refractivity contribution in [3.8, 4) is 0 Å². The molecule has 0 aromatic carbocycles. The molecular weight excluding hydrogens is 156 g/mol. The highest BCUT2D eigenvalue weighted by Gasteiger charge is 2.46. The number of amides is 2. The van der Waals surface area contributed by atoms with E-state index in [1.165, 1.54) is 0 Å². The van der Waals surface area contributed by atoms with Crippen LogP contribution in [0.2, 0.25) is 0 Å². The zero-order chi connectivity index (χ0) is 9.19. The molecule has 0 heterocycles.